The van der Waals surface area contributed by atoms with Crippen molar-refractivity contribution in [3.05, 3.63) is 77.7 Å². The Morgan fingerprint density at radius 3 is 2.56 bits per heavy atom. The van der Waals surface area contributed by atoms with Crippen LogP contribution < -0.4 is 0 Å². The molecule has 0 unspecified atom stereocenters. The van der Waals surface area contributed by atoms with E-state index in [1.165, 1.54) is 6.07 Å². The lowest BCUT2D eigenvalue weighted by atomic mass is 10.0. The first-order valence-electron chi connectivity index (χ1n) is 8.43. The van der Waals surface area contributed by atoms with E-state index in [2.05, 4.69) is 10.1 Å². The van der Waals surface area contributed by atoms with Gasteiger partial charge in [-0.25, -0.2) is 4.79 Å². The van der Waals surface area contributed by atoms with Crippen molar-refractivity contribution in [3.8, 4) is 11.3 Å². The van der Waals surface area contributed by atoms with Crippen molar-refractivity contribution in [3.63, 3.8) is 0 Å². The van der Waals surface area contributed by atoms with Crippen LogP contribution in [0.2, 0.25) is 0 Å². The number of fused-ring (bicyclic) bond motifs is 1. The number of nitrogens with one attached hydrogen (secondary N) is 1. The van der Waals surface area contributed by atoms with E-state index in [9.17, 15) is 9.59 Å². The number of H-pyrrole nitrogens is 1. The number of hydrogen-bond donors (Lipinski definition) is 1. The van der Waals surface area contributed by atoms with Gasteiger partial charge in [0.15, 0.2) is 6.61 Å². The summed E-state index contributed by atoms with van der Waals surface area (Å²) < 4.78 is 10.0. The number of nitrogens with zero attached hydrogens (tertiary/aromatic N) is 1. The molecule has 0 aliphatic heterocycles. The molecule has 0 amide bonds. The molecule has 4 rings (SSSR count). The third kappa shape index (κ3) is 3.25. The Hall–Kier alpha value is -3.67. The quantitative estimate of drug-likeness (QED) is 0.426. The predicted octanol–water partition coefficient (Wildman–Crippen LogP) is 4.17. The maximum atomic E-state index is 12.9. The standard InChI is InChI=1S/C21H16N2O4/c1-13-11-18(27-23-13)21(25)26-12-17(24)19-15-9-5-6-10-16(15)22-20(19)14-7-3-2-4-8-14/h2-11,22H,12H2,1H3. The van der Waals surface area contributed by atoms with E-state index in [0.717, 1.165) is 16.5 Å². The fourth-order valence-corrected chi connectivity index (χ4v) is 2.99. The average molecular weight is 360 g/mol. The van der Waals surface area contributed by atoms with Crippen LogP contribution in [-0.2, 0) is 4.74 Å². The van der Waals surface area contributed by atoms with E-state index in [1.807, 2.05) is 54.6 Å². The molecule has 2 aromatic heterocycles. The number of aromatic amines is 1. The van der Waals surface area contributed by atoms with Crippen molar-refractivity contribution in [2.24, 2.45) is 0 Å². The highest BCUT2D eigenvalue weighted by Gasteiger charge is 2.22. The van der Waals surface area contributed by atoms with Crippen LogP contribution in [0, 0.1) is 6.92 Å². The number of ketones is 1. The minimum atomic E-state index is -0.718. The van der Waals surface area contributed by atoms with Crippen LogP contribution in [-0.4, -0.2) is 28.5 Å². The highest BCUT2D eigenvalue weighted by atomic mass is 16.6. The Bertz CT molecular complexity index is 1130. The zero-order chi connectivity index (χ0) is 18.8. The summed E-state index contributed by atoms with van der Waals surface area (Å²) in [5, 5.41) is 4.43. The topological polar surface area (TPSA) is 85.2 Å². The molecule has 0 aliphatic rings. The molecule has 0 fully saturated rings. The van der Waals surface area contributed by atoms with Gasteiger partial charge >= 0.3 is 5.97 Å². The second kappa shape index (κ2) is 6.92. The van der Waals surface area contributed by atoms with Gasteiger partial charge in [0.05, 0.1) is 17.0 Å². The number of esters is 1. The molecule has 2 heterocycles. The molecule has 6 nitrogen and oxygen atoms in total. The molecule has 4 aromatic rings. The Morgan fingerprint density at radius 1 is 1.07 bits per heavy atom. The number of aryl methyl sites for hydroxylation is 1. The molecule has 27 heavy (non-hydrogen) atoms. The van der Waals surface area contributed by atoms with Gasteiger partial charge in [0, 0.05) is 17.0 Å². The van der Waals surface area contributed by atoms with Crippen LogP contribution in [0.4, 0.5) is 0 Å². The predicted molar refractivity (Wildman–Crippen MR) is 99.6 cm³/mol. The Kier molecular flexibility index (Phi) is 4.30. The Morgan fingerprint density at radius 2 is 1.81 bits per heavy atom. The second-order valence-electron chi connectivity index (χ2n) is 6.12. The van der Waals surface area contributed by atoms with Crippen molar-refractivity contribution in [2.45, 2.75) is 6.92 Å². The fourth-order valence-electron chi connectivity index (χ4n) is 2.99. The molecule has 6 heteroatoms. The van der Waals surface area contributed by atoms with Gasteiger partial charge < -0.3 is 14.2 Å². The minimum Gasteiger partial charge on any atom is -0.451 e. The van der Waals surface area contributed by atoms with Crippen LogP contribution in [0.25, 0.3) is 22.2 Å². The lowest BCUT2D eigenvalue weighted by Crippen LogP contribution is -2.14. The van der Waals surface area contributed by atoms with Gasteiger partial charge in [0.1, 0.15) is 0 Å². The molecule has 0 atom stereocenters. The normalized spacial score (nSPS) is 10.9. The monoisotopic (exact) mass is 360 g/mol. The third-order valence-electron chi connectivity index (χ3n) is 4.21. The van der Waals surface area contributed by atoms with Gasteiger partial charge in [-0.15, -0.1) is 0 Å². The summed E-state index contributed by atoms with van der Waals surface area (Å²) in [4.78, 5) is 28.2. The molecule has 0 aliphatic carbocycles. The first-order valence-corrected chi connectivity index (χ1v) is 8.43. The summed E-state index contributed by atoms with van der Waals surface area (Å²) in [5.74, 6) is -1.04. The molecule has 0 spiro atoms. The largest absolute Gasteiger partial charge is 0.451 e. The van der Waals surface area contributed by atoms with E-state index >= 15 is 0 Å². The highest BCUT2D eigenvalue weighted by molar-refractivity contribution is 6.14. The summed E-state index contributed by atoms with van der Waals surface area (Å²) in [6, 6.07) is 18.6. The smallest absolute Gasteiger partial charge is 0.377 e. The molecule has 0 saturated carbocycles. The van der Waals surface area contributed by atoms with E-state index < -0.39 is 5.97 Å². The van der Waals surface area contributed by atoms with E-state index in [4.69, 9.17) is 9.26 Å². The van der Waals surface area contributed by atoms with Gasteiger partial charge in [0.2, 0.25) is 11.5 Å². The first kappa shape index (κ1) is 16.8. The second-order valence-corrected chi connectivity index (χ2v) is 6.12. The number of carbonyl (C=O) groups excluding carboxylic acids is 2. The van der Waals surface area contributed by atoms with Crippen molar-refractivity contribution in [1.29, 1.82) is 0 Å². The van der Waals surface area contributed by atoms with Gasteiger partial charge in [-0.1, -0.05) is 53.7 Å². The first-order chi connectivity index (χ1) is 13.1. The van der Waals surface area contributed by atoms with Crippen molar-refractivity contribution < 1.29 is 18.8 Å². The molecule has 134 valence electrons. The summed E-state index contributed by atoms with van der Waals surface area (Å²) in [5.41, 5.74) is 3.49. The Balaban J connectivity index is 1.65. The fraction of sp³-hybridized carbons (Fsp3) is 0.0952. The van der Waals surface area contributed by atoms with Crippen molar-refractivity contribution in [1.82, 2.24) is 10.1 Å². The number of rotatable bonds is 5. The lowest BCUT2D eigenvalue weighted by molar-refractivity contribution is 0.0435. The minimum absolute atomic E-state index is 0.0255. The Labute approximate surface area is 154 Å². The van der Waals surface area contributed by atoms with Crippen LogP contribution in [0.5, 0.6) is 0 Å². The SMILES string of the molecule is Cc1cc(C(=O)OCC(=O)c2c(-c3ccccc3)[nH]c3ccccc23)on1. The van der Waals surface area contributed by atoms with Crippen molar-refractivity contribution >= 4 is 22.7 Å². The lowest BCUT2D eigenvalue weighted by Gasteiger charge is -2.05. The summed E-state index contributed by atoms with van der Waals surface area (Å²) in [6.07, 6.45) is 0. The number of ether oxygens (including phenoxy) is 1. The maximum absolute atomic E-state index is 12.9. The van der Waals surface area contributed by atoms with Gasteiger partial charge in [-0.05, 0) is 18.6 Å². The number of aromatic nitrogens is 2. The number of para-hydroxylation sites is 1. The highest BCUT2D eigenvalue weighted by Crippen LogP contribution is 2.30. The van der Waals surface area contributed by atoms with E-state index in [0.29, 0.717) is 17.0 Å². The average Bonchev–Trinajstić information content (AvgIpc) is 3.30. The summed E-state index contributed by atoms with van der Waals surface area (Å²) in [7, 11) is 0. The van der Waals surface area contributed by atoms with Gasteiger partial charge in [0.25, 0.3) is 0 Å². The molecule has 1 N–H and O–H groups in total. The maximum Gasteiger partial charge on any atom is 0.377 e. The molecular weight excluding hydrogens is 344 g/mol. The van der Waals surface area contributed by atoms with Crippen LogP contribution in [0.3, 0.4) is 0 Å². The number of carbonyl (C=O) groups is 2. The van der Waals surface area contributed by atoms with Gasteiger partial charge in [-0.2, -0.15) is 0 Å². The zero-order valence-corrected chi connectivity index (χ0v) is 14.6. The van der Waals surface area contributed by atoms with Crippen molar-refractivity contribution in [2.75, 3.05) is 6.61 Å². The molecule has 0 bridgehead atoms. The molecule has 2 aromatic carbocycles. The summed E-state index contributed by atoms with van der Waals surface area (Å²) in [6.45, 7) is 1.31. The summed E-state index contributed by atoms with van der Waals surface area (Å²) >= 11 is 0. The third-order valence-corrected chi connectivity index (χ3v) is 4.21. The van der Waals surface area contributed by atoms with E-state index in [-0.39, 0.29) is 18.2 Å². The zero-order valence-electron chi connectivity index (χ0n) is 14.6. The van der Waals surface area contributed by atoms with Crippen LogP contribution >= 0.6 is 0 Å². The molecule has 0 radical (unpaired) electrons. The van der Waals surface area contributed by atoms with Crippen LogP contribution in [0.15, 0.2) is 65.2 Å². The number of Topliss-reactive ketones (excluding diaryl/α,β-unsaturated/α-hetero) is 1. The molecular formula is C21H16N2O4. The number of benzene rings is 2. The molecule has 0 saturated heterocycles. The van der Waals surface area contributed by atoms with E-state index in [1.54, 1.807) is 6.92 Å². The number of hydrogen-bond acceptors (Lipinski definition) is 5. The van der Waals surface area contributed by atoms with Gasteiger partial charge in [-0.3, -0.25) is 4.79 Å². The van der Waals surface area contributed by atoms with Crippen LogP contribution in [0.1, 0.15) is 26.6 Å².